The second kappa shape index (κ2) is 7.03. The van der Waals surface area contributed by atoms with Crippen LogP contribution in [0.5, 0.6) is 0 Å². The number of rotatable bonds is 7. The molecular weight excluding hydrogens is 206 g/mol. The quantitative estimate of drug-likeness (QED) is 0.636. The number of aromatic nitrogens is 1. The van der Waals surface area contributed by atoms with Crippen LogP contribution in [-0.4, -0.2) is 37.3 Å². The summed E-state index contributed by atoms with van der Waals surface area (Å²) in [5.41, 5.74) is 1.09. The first kappa shape index (κ1) is 12.7. The van der Waals surface area contributed by atoms with Crippen molar-refractivity contribution in [2.45, 2.75) is 6.54 Å². The number of carbonyl (C=O) groups excluding carboxylic acids is 1. The van der Waals surface area contributed by atoms with Crippen LogP contribution in [-0.2, 0) is 23.1 Å². The predicted molar refractivity (Wildman–Crippen MR) is 62.0 cm³/mol. The molecule has 0 spiro atoms. The van der Waals surface area contributed by atoms with Gasteiger partial charge in [-0.2, -0.15) is 0 Å². The molecule has 1 rings (SSSR count). The van der Waals surface area contributed by atoms with E-state index in [1.165, 1.54) is 0 Å². The lowest BCUT2D eigenvalue weighted by molar-refractivity contribution is -0.120. The van der Waals surface area contributed by atoms with Gasteiger partial charge >= 0.3 is 0 Å². The zero-order chi connectivity index (χ0) is 11.8. The highest BCUT2D eigenvalue weighted by Gasteiger charge is 2.01. The van der Waals surface area contributed by atoms with Crippen molar-refractivity contribution in [3.63, 3.8) is 0 Å². The van der Waals surface area contributed by atoms with Crippen molar-refractivity contribution in [1.82, 2.24) is 15.2 Å². The Morgan fingerprint density at radius 1 is 1.56 bits per heavy atom. The summed E-state index contributed by atoms with van der Waals surface area (Å²) in [4.78, 5) is 11.4. The van der Waals surface area contributed by atoms with Crippen LogP contribution < -0.4 is 10.6 Å². The Balaban J connectivity index is 2.13. The normalized spacial score (nSPS) is 10.4. The molecule has 0 aromatic carbocycles. The first-order valence-corrected chi connectivity index (χ1v) is 5.30. The van der Waals surface area contributed by atoms with Gasteiger partial charge in [0.25, 0.3) is 0 Å². The molecule has 5 heteroatoms. The van der Waals surface area contributed by atoms with Crippen molar-refractivity contribution in [3.05, 3.63) is 24.0 Å². The Labute approximate surface area is 95.8 Å². The largest absolute Gasteiger partial charge is 0.383 e. The van der Waals surface area contributed by atoms with Crippen molar-refractivity contribution in [2.75, 3.05) is 26.8 Å². The van der Waals surface area contributed by atoms with Gasteiger partial charge in [-0.25, -0.2) is 0 Å². The summed E-state index contributed by atoms with van der Waals surface area (Å²) < 4.78 is 6.85. The molecule has 0 radical (unpaired) electrons. The summed E-state index contributed by atoms with van der Waals surface area (Å²) in [5, 5.41) is 5.83. The summed E-state index contributed by atoms with van der Waals surface area (Å²) in [5.74, 6) is -0.00250. The molecule has 1 aromatic heterocycles. The monoisotopic (exact) mass is 225 g/mol. The van der Waals surface area contributed by atoms with Crippen LogP contribution in [0.15, 0.2) is 18.3 Å². The number of nitrogens with zero attached hydrogens (tertiary/aromatic N) is 1. The first-order chi connectivity index (χ1) is 7.74. The van der Waals surface area contributed by atoms with Gasteiger partial charge in [0.05, 0.1) is 19.7 Å². The maximum Gasteiger partial charge on any atom is 0.234 e. The number of ether oxygens (including phenoxy) is 1. The zero-order valence-corrected chi connectivity index (χ0v) is 9.82. The van der Waals surface area contributed by atoms with E-state index >= 15 is 0 Å². The molecule has 1 aromatic rings. The highest BCUT2D eigenvalue weighted by Crippen LogP contribution is 1.97. The van der Waals surface area contributed by atoms with Crippen LogP contribution in [0.3, 0.4) is 0 Å². The molecule has 90 valence electrons. The lowest BCUT2D eigenvalue weighted by Crippen LogP contribution is -2.35. The highest BCUT2D eigenvalue weighted by molar-refractivity contribution is 5.77. The zero-order valence-electron chi connectivity index (χ0n) is 9.82. The minimum atomic E-state index is -0.00250. The van der Waals surface area contributed by atoms with E-state index in [9.17, 15) is 4.79 Å². The average molecular weight is 225 g/mol. The Morgan fingerprint density at radius 3 is 3.00 bits per heavy atom. The molecule has 0 bridgehead atoms. The fourth-order valence-corrected chi connectivity index (χ4v) is 1.31. The van der Waals surface area contributed by atoms with Crippen LogP contribution in [0, 0.1) is 0 Å². The molecular formula is C11H19N3O2. The molecule has 1 heterocycles. The third-order valence-corrected chi connectivity index (χ3v) is 2.29. The first-order valence-electron chi connectivity index (χ1n) is 5.30. The summed E-state index contributed by atoms with van der Waals surface area (Å²) in [6.45, 7) is 2.20. The number of nitrogens with one attached hydrogen (secondary N) is 2. The summed E-state index contributed by atoms with van der Waals surface area (Å²) in [6, 6.07) is 3.94. The SMILES string of the molecule is COCCNCC(=O)NCc1cccn1C. The van der Waals surface area contributed by atoms with Crippen LogP contribution >= 0.6 is 0 Å². The van der Waals surface area contributed by atoms with Gasteiger partial charge in [-0.3, -0.25) is 4.79 Å². The van der Waals surface area contributed by atoms with Gasteiger partial charge in [0.15, 0.2) is 0 Å². The van der Waals surface area contributed by atoms with Gasteiger partial charge in [-0.05, 0) is 12.1 Å². The molecule has 5 nitrogen and oxygen atoms in total. The smallest absolute Gasteiger partial charge is 0.234 e. The molecule has 0 fully saturated rings. The van der Waals surface area contributed by atoms with Gasteiger partial charge in [0.2, 0.25) is 5.91 Å². The van der Waals surface area contributed by atoms with Crippen LogP contribution in [0.25, 0.3) is 0 Å². The lowest BCUT2D eigenvalue weighted by atomic mass is 10.4. The van der Waals surface area contributed by atoms with Gasteiger partial charge in [-0.1, -0.05) is 0 Å². The second-order valence-electron chi connectivity index (χ2n) is 3.56. The van der Waals surface area contributed by atoms with E-state index in [1.807, 2.05) is 29.9 Å². The third kappa shape index (κ3) is 4.46. The Kier molecular flexibility index (Phi) is 5.60. The highest BCUT2D eigenvalue weighted by atomic mass is 16.5. The van der Waals surface area contributed by atoms with E-state index in [4.69, 9.17) is 4.74 Å². The second-order valence-corrected chi connectivity index (χ2v) is 3.56. The van der Waals surface area contributed by atoms with E-state index in [2.05, 4.69) is 10.6 Å². The molecule has 0 atom stereocenters. The molecule has 2 N–H and O–H groups in total. The molecule has 0 saturated heterocycles. The van der Waals surface area contributed by atoms with Crippen molar-refractivity contribution in [1.29, 1.82) is 0 Å². The van der Waals surface area contributed by atoms with Gasteiger partial charge < -0.3 is 19.9 Å². The van der Waals surface area contributed by atoms with Gasteiger partial charge in [0, 0.05) is 32.6 Å². The maximum absolute atomic E-state index is 11.4. The summed E-state index contributed by atoms with van der Waals surface area (Å²) >= 11 is 0. The number of hydrogen-bond acceptors (Lipinski definition) is 3. The summed E-state index contributed by atoms with van der Waals surface area (Å²) in [7, 11) is 3.59. The van der Waals surface area contributed by atoms with Crippen molar-refractivity contribution in [2.24, 2.45) is 7.05 Å². The van der Waals surface area contributed by atoms with E-state index < -0.39 is 0 Å². The van der Waals surface area contributed by atoms with Crippen molar-refractivity contribution >= 4 is 5.91 Å². The fraction of sp³-hybridized carbons (Fsp3) is 0.545. The minimum Gasteiger partial charge on any atom is -0.383 e. The number of carbonyl (C=O) groups is 1. The number of amides is 1. The van der Waals surface area contributed by atoms with Crippen molar-refractivity contribution in [3.8, 4) is 0 Å². The van der Waals surface area contributed by atoms with Crippen molar-refractivity contribution < 1.29 is 9.53 Å². The Hall–Kier alpha value is -1.33. The van der Waals surface area contributed by atoms with Crippen LogP contribution in [0.1, 0.15) is 5.69 Å². The molecule has 0 aliphatic heterocycles. The molecule has 0 aliphatic carbocycles. The van der Waals surface area contributed by atoms with E-state index in [1.54, 1.807) is 7.11 Å². The average Bonchev–Trinajstić information content (AvgIpc) is 2.67. The predicted octanol–water partition coefficient (Wildman–Crippen LogP) is -0.123. The third-order valence-electron chi connectivity index (χ3n) is 2.29. The van der Waals surface area contributed by atoms with E-state index in [0.29, 0.717) is 26.2 Å². The number of methoxy groups -OCH3 is 1. The Morgan fingerprint density at radius 2 is 2.38 bits per heavy atom. The van der Waals surface area contributed by atoms with Gasteiger partial charge in [0.1, 0.15) is 0 Å². The topological polar surface area (TPSA) is 55.3 Å². The van der Waals surface area contributed by atoms with E-state index in [-0.39, 0.29) is 5.91 Å². The maximum atomic E-state index is 11.4. The van der Waals surface area contributed by atoms with Crippen LogP contribution in [0.4, 0.5) is 0 Å². The van der Waals surface area contributed by atoms with Crippen LogP contribution in [0.2, 0.25) is 0 Å². The molecule has 1 amide bonds. The van der Waals surface area contributed by atoms with E-state index in [0.717, 1.165) is 5.69 Å². The molecule has 0 aliphatic rings. The Bertz CT molecular complexity index is 323. The molecule has 0 saturated carbocycles. The minimum absolute atomic E-state index is 0.00250. The summed E-state index contributed by atoms with van der Waals surface area (Å²) in [6.07, 6.45) is 1.96. The number of aryl methyl sites for hydroxylation is 1. The molecule has 16 heavy (non-hydrogen) atoms. The number of hydrogen-bond donors (Lipinski definition) is 2. The molecule has 0 unspecified atom stereocenters. The van der Waals surface area contributed by atoms with Gasteiger partial charge in [-0.15, -0.1) is 0 Å². The standard InChI is InChI=1S/C11H19N3O2/c1-14-6-3-4-10(14)8-13-11(15)9-12-5-7-16-2/h3-4,6,12H,5,7-9H2,1-2H3,(H,13,15). The lowest BCUT2D eigenvalue weighted by Gasteiger charge is -2.07. The fourth-order valence-electron chi connectivity index (χ4n) is 1.31.